The van der Waals surface area contributed by atoms with Crippen LogP contribution >= 0.6 is 54.5 Å². The zero-order valence-electron chi connectivity index (χ0n) is 9.95. The number of rotatable bonds is 3. The summed E-state index contributed by atoms with van der Waals surface area (Å²) in [5.74, 6) is 5.38. The van der Waals surface area contributed by atoms with Crippen molar-refractivity contribution in [1.82, 2.24) is 4.98 Å². The lowest BCUT2D eigenvalue weighted by molar-refractivity contribution is 0.102. The van der Waals surface area contributed by atoms with Gasteiger partial charge >= 0.3 is 0 Å². The van der Waals surface area contributed by atoms with Crippen LogP contribution in [0.3, 0.4) is 0 Å². The van der Waals surface area contributed by atoms with Crippen molar-refractivity contribution >= 4 is 71.9 Å². The highest BCUT2D eigenvalue weighted by atomic mass is 127. The minimum absolute atomic E-state index is 0.298. The highest BCUT2D eigenvalue weighted by molar-refractivity contribution is 14.1. The predicted molar refractivity (Wildman–Crippen MR) is 94.6 cm³/mol. The minimum atomic E-state index is -0.298. The summed E-state index contributed by atoms with van der Waals surface area (Å²) in [6, 6.07) is 7.29. The second-order valence-corrected chi connectivity index (χ2v) is 6.79. The molecule has 4 N–H and O–H groups in total. The SMILES string of the molecule is NNc1ncc(Br)cc1C(=O)Nc1ccc(I)cc1Br. The molecule has 0 saturated heterocycles. The Kier molecular flexibility index (Phi) is 5.35. The van der Waals surface area contributed by atoms with Crippen LogP contribution in [0.25, 0.3) is 0 Å². The molecule has 0 fully saturated rings. The summed E-state index contributed by atoms with van der Waals surface area (Å²) in [5, 5.41) is 2.81. The quantitative estimate of drug-likeness (QED) is 0.333. The molecule has 0 unspecified atom stereocenters. The van der Waals surface area contributed by atoms with Crippen molar-refractivity contribution in [3.63, 3.8) is 0 Å². The summed E-state index contributed by atoms with van der Waals surface area (Å²) in [7, 11) is 0. The first-order chi connectivity index (χ1) is 9.51. The topological polar surface area (TPSA) is 80.0 Å². The number of benzene rings is 1. The normalized spacial score (nSPS) is 10.2. The van der Waals surface area contributed by atoms with Gasteiger partial charge in [-0.3, -0.25) is 4.79 Å². The number of amides is 1. The number of hydrogen-bond donors (Lipinski definition) is 3. The predicted octanol–water partition coefficient (Wildman–Crippen LogP) is 3.75. The highest BCUT2D eigenvalue weighted by Gasteiger charge is 2.14. The molecule has 0 radical (unpaired) electrons. The number of carbonyl (C=O) groups is 1. The van der Waals surface area contributed by atoms with E-state index in [0.717, 1.165) is 8.04 Å². The van der Waals surface area contributed by atoms with E-state index in [1.165, 1.54) is 0 Å². The molecule has 2 aromatic rings. The Hall–Kier alpha value is -0.710. The van der Waals surface area contributed by atoms with E-state index >= 15 is 0 Å². The summed E-state index contributed by atoms with van der Waals surface area (Å²) in [6.45, 7) is 0. The maximum atomic E-state index is 12.3. The monoisotopic (exact) mass is 510 g/mol. The van der Waals surface area contributed by atoms with Crippen molar-refractivity contribution in [2.75, 3.05) is 10.7 Å². The summed E-state index contributed by atoms with van der Waals surface area (Å²) in [4.78, 5) is 16.3. The van der Waals surface area contributed by atoms with Gasteiger partial charge in [0.15, 0.2) is 5.82 Å². The van der Waals surface area contributed by atoms with Gasteiger partial charge < -0.3 is 10.7 Å². The number of nitrogens with two attached hydrogens (primary N) is 1. The lowest BCUT2D eigenvalue weighted by atomic mass is 10.2. The van der Waals surface area contributed by atoms with E-state index in [-0.39, 0.29) is 5.91 Å². The molecule has 0 bridgehead atoms. The fraction of sp³-hybridized carbons (Fsp3) is 0. The van der Waals surface area contributed by atoms with Crippen LogP contribution < -0.4 is 16.6 Å². The first kappa shape index (κ1) is 15.7. The molecule has 0 saturated carbocycles. The van der Waals surface area contributed by atoms with Crippen LogP contribution in [0.4, 0.5) is 11.5 Å². The molecule has 5 nitrogen and oxygen atoms in total. The van der Waals surface area contributed by atoms with Gasteiger partial charge in [0.2, 0.25) is 0 Å². The zero-order chi connectivity index (χ0) is 14.7. The number of aromatic nitrogens is 1. The number of nitrogens with one attached hydrogen (secondary N) is 2. The first-order valence-corrected chi connectivity index (χ1v) is 8.06. The smallest absolute Gasteiger partial charge is 0.259 e. The Morgan fingerprint density at radius 1 is 1.30 bits per heavy atom. The summed E-state index contributed by atoms with van der Waals surface area (Å²) < 4.78 is 2.58. The van der Waals surface area contributed by atoms with Gasteiger partial charge in [0.25, 0.3) is 5.91 Å². The van der Waals surface area contributed by atoms with Gasteiger partial charge in [0.05, 0.1) is 11.3 Å². The van der Waals surface area contributed by atoms with Crippen LogP contribution in [-0.4, -0.2) is 10.9 Å². The fourth-order valence-corrected chi connectivity index (χ4v) is 3.24. The largest absolute Gasteiger partial charge is 0.321 e. The van der Waals surface area contributed by atoms with E-state index in [9.17, 15) is 4.79 Å². The van der Waals surface area contributed by atoms with Gasteiger partial charge in [-0.2, -0.15) is 0 Å². The van der Waals surface area contributed by atoms with Crippen LogP contribution in [0.5, 0.6) is 0 Å². The Bertz CT molecular complexity index is 666. The summed E-state index contributed by atoms with van der Waals surface area (Å²) >= 11 is 8.89. The van der Waals surface area contributed by atoms with Crippen molar-refractivity contribution in [3.05, 3.63) is 48.5 Å². The standard InChI is InChI=1S/C12H9Br2IN4O/c13-6-3-8(11(19-16)17-5-6)12(20)18-10-2-1-7(15)4-9(10)14/h1-5H,16H2,(H,17,19)(H,18,20). The molecule has 2 rings (SSSR count). The molecule has 0 aliphatic carbocycles. The fourth-order valence-electron chi connectivity index (χ4n) is 1.51. The number of halogens is 3. The molecule has 1 aromatic carbocycles. The first-order valence-electron chi connectivity index (χ1n) is 5.40. The molecule has 1 aromatic heterocycles. The van der Waals surface area contributed by atoms with E-state index in [4.69, 9.17) is 5.84 Å². The van der Waals surface area contributed by atoms with Crippen LogP contribution in [-0.2, 0) is 0 Å². The average molecular weight is 512 g/mol. The Balaban J connectivity index is 2.30. The van der Waals surface area contributed by atoms with E-state index < -0.39 is 0 Å². The van der Waals surface area contributed by atoms with Gasteiger partial charge in [0.1, 0.15) is 0 Å². The van der Waals surface area contributed by atoms with Gasteiger partial charge in [-0.15, -0.1) is 0 Å². The van der Waals surface area contributed by atoms with Crippen molar-refractivity contribution in [1.29, 1.82) is 0 Å². The van der Waals surface area contributed by atoms with E-state index in [0.29, 0.717) is 21.5 Å². The molecule has 8 heteroatoms. The van der Waals surface area contributed by atoms with E-state index in [1.54, 1.807) is 12.3 Å². The highest BCUT2D eigenvalue weighted by Crippen LogP contribution is 2.26. The third-order valence-corrected chi connectivity index (χ3v) is 4.18. The molecular weight excluding hydrogens is 503 g/mol. The second-order valence-electron chi connectivity index (χ2n) is 3.77. The third-order valence-electron chi connectivity index (χ3n) is 2.42. The Morgan fingerprint density at radius 3 is 2.70 bits per heavy atom. The molecule has 1 heterocycles. The molecule has 20 heavy (non-hydrogen) atoms. The zero-order valence-corrected chi connectivity index (χ0v) is 15.3. The number of nitrogens with zero attached hydrogens (tertiary/aromatic N) is 1. The van der Waals surface area contributed by atoms with Gasteiger partial charge in [0, 0.05) is 18.7 Å². The number of anilines is 2. The van der Waals surface area contributed by atoms with Crippen molar-refractivity contribution in [2.45, 2.75) is 0 Å². The molecular formula is C12H9Br2IN4O. The maximum Gasteiger partial charge on any atom is 0.259 e. The number of pyridine rings is 1. The molecule has 104 valence electrons. The minimum Gasteiger partial charge on any atom is -0.321 e. The summed E-state index contributed by atoms with van der Waals surface area (Å²) in [5.41, 5.74) is 3.44. The van der Waals surface area contributed by atoms with Crippen LogP contribution in [0.1, 0.15) is 10.4 Å². The Labute approximate surface area is 146 Å². The van der Waals surface area contributed by atoms with Crippen LogP contribution in [0, 0.1) is 3.57 Å². The molecule has 0 aliphatic heterocycles. The average Bonchev–Trinajstić information content (AvgIpc) is 2.41. The molecule has 0 atom stereocenters. The van der Waals surface area contributed by atoms with Crippen LogP contribution in [0.15, 0.2) is 39.4 Å². The van der Waals surface area contributed by atoms with Crippen LogP contribution in [0.2, 0.25) is 0 Å². The number of carbonyl (C=O) groups excluding carboxylic acids is 1. The number of nitrogen functional groups attached to an aromatic ring is 1. The Morgan fingerprint density at radius 2 is 2.05 bits per heavy atom. The van der Waals surface area contributed by atoms with Crippen molar-refractivity contribution in [2.24, 2.45) is 5.84 Å². The lowest BCUT2D eigenvalue weighted by Gasteiger charge is -2.10. The number of hydrogen-bond acceptors (Lipinski definition) is 4. The lowest BCUT2D eigenvalue weighted by Crippen LogP contribution is -2.18. The summed E-state index contributed by atoms with van der Waals surface area (Å²) in [6.07, 6.45) is 1.56. The third kappa shape index (κ3) is 3.68. The van der Waals surface area contributed by atoms with Gasteiger partial charge in [-0.1, -0.05) is 0 Å². The molecule has 0 aliphatic rings. The maximum absolute atomic E-state index is 12.3. The van der Waals surface area contributed by atoms with Gasteiger partial charge in [-0.05, 0) is 78.7 Å². The molecule has 1 amide bonds. The van der Waals surface area contributed by atoms with Crippen molar-refractivity contribution in [3.8, 4) is 0 Å². The second kappa shape index (κ2) is 6.83. The van der Waals surface area contributed by atoms with E-state index in [2.05, 4.69) is 70.2 Å². The van der Waals surface area contributed by atoms with Gasteiger partial charge in [-0.25, -0.2) is 10.8 Å². The van der Waals surface area contributed by atoms with E-state index in [1.807, 2.05) is 18.2 Å². The molecule has 0 spiro atoms. The number of hydrazine groups is 1. The van der Waals surface area contributed by atoms with Crippen molar-refractivity contribution < 1.29 is 4.79 Å².